The molecule has 0 radical (unpaired) electrons. The third kappa shape index (κ3) is 8.72. The van der Waals surface area contributed by atoms with Crippen LogP contribution in [0.5, 0.6) is 0 Å². The first-order valence-electron chi connectivity index (χ1n) is 9.36. The highest BCUT2D eigenvalue weighted by atomic mass is 28.4. The van der Waals surface area contributed by atoms with Crippen LogP contribution in [0.2, 0.25) is 6.55 Å². The lowest BCUT2D eigenvalue weighted by Crippen LogP contribution is -2.52. The molecule has 0 saturated carbocycles. The molecule has 1 rings (SSSR count). The summed E-state index contributed by atoms with van der Waals surface area (Å²) in [5, 5.41) is 1.11. The normalized spacial score (nSPS) is 11.6. The zero-order valence-corrected chi connectivity index (χ0v) is 19.2. The first-order valence-corrected chi connectivity index (χ1v) is 13.5. The number of benzene rings is 1. The SMILES string of the molecule is C=C[Si](OCC)(OCC)c1ccccc1.CCO[Si](C)(OCC)OCC. The molecule has 0 amide bonds. The average molecular weight is 401 g/mol. The van der Waals surface area contributed by atoms with E-state index in [-0.39, 0.29) is 0 Å². The van der Waals surface area contributed by atoms with Crippen molar-refractivity contribution >= 4 is 22.6 Å². The quantitative estimate of drug-likeness (QED) is 0.499. The predicted octanol–water partition coefficient (Wildman–Crippen LogP) is 3.80. The molecule has 5 nitrogen and oxygen atoms in total. The Hall–Kier alpha value is -0.806. The summed E-state index contributed by atoms with van der Waals surface area (Å²) in [6.07, 6.45) is 0. The van der Waals surface area contributed by atoms with Crippen LogP contribution in [0.25, 0.3) is 0 Å². The van der Waals surface area contributed by atoms with E-state index in [9.17, 15) is 0 Å². The maximum atomic E-state index is 5.80. The highest BCUT2D eigenvalue weighted by Crippen LogP contribution is 2.10. The van der Waals surface area contributed by atoms with Gasteiger partial charge in [0.2, 0.25) is 0 Å². The molecule has 7 heteroatoms. The number of hydrogen-bond donors (Lipinski definition) is 0. The van der Waals surface area contributed by atoms with Crippen molar-refractivity contribution in [2.75, 3.05) is 33.0 Å². The minimum absolute atomic E-state index is 0.646. The van der Waals surface area contributed by atoms with Crippen molar-refractivity contribution in [1.29, 1.82) is 0 Å². The molecule has 0 aliphatic rings. The third-order valence-electron chi connectivity index (χ3n) is 3.38. The van der Waals surface area contributed by atoms with Gasteiger partial charge in [0.25, 0.3) is 0 Å². The molecule has 0 aliphatic carbocycles. The second-order valence-corrected chi connectivity index (χ2v) is 10.8. The van der Waals surface area contributed by atoms with Crippen LogP contribution in [0.3, 0.4) is 0 Å². The van der Waals surface area contributed by atoms with E-state index in [0.29, 0.717) is 33.0 Å². The molecule has 0 spiro atoms. The Bertz CT molecular complexity index is 447. The molecule has 0 aliphatic heterocycles. The van der Waals surface area contributed by atoms with Gasteiger partial charge in [0.1, 0.15) is 0 Å². The van der Waals surface area contributed by atoms with Crippen molar-refractivity contribution in [3.8, 4) is 0 Å². The van der Waals surface area contributed by atoms with Crippen molar-refractivity contribution < 1.29 is 22.1 Å². The van der Waals surface area contributed by atoms with E-state index in [4.69, 9.17) is 22.1 Å². The van der Waals surface area contributed by atoms with Gasteiger partial charge in [0.15, 0.2) is 0 Å². The molecular formula is C19H36O5Si2. The van der Waals surface area contributed by atoms with Crippen molar-refractivity contribution in [2.45, 2.75) is 41.2 Å². The lowest BCUT2D eigenvalue weighted by Gasteiger charge is -2.26. The van der Waals surface area contributed by atoms with Gasteiger partial charge in [-0.3, -0.25) is 0 Å². The average Bonchev–Trinajstić information content (AvgIpc) is 2.63. The molecule has 150 valence electrons. The van der Waals surface area contributed by atoms with Gasteiger partial charge in [-0.25, -0.2) is 0 Å². The Morgan fingerprint density at radius 1 is 0.731 bits per heavy atom. The molecule has 0 bridgehead atoms. The van der Waals surface area contributed by atoms with Gasteiger partial charge in [-0.05, 0) is 45.5 Å². The van der Waals surface area contributed by atoms with Crippen LogP contribution >= 0.6 is 0 Å². The standard InChI is InChI=1S/C12H18O2Si.C7H18O3Si/c1-4-13-15(6-3,14-5-2)12-10-8-7-9-11-12;1-5-8-11(4,9-6-2)10-7-3/h6-11H,3-5H2,1-2H3;5-7H2,1-4H3. The van der Waals surface area contributed by atoms with Gasteiger partial charge in [-0.15, -0.1) is 6.58 Å². The molecular weight excluding hydrogens is 364 g/mol. The maximum Gasteiger partial charge on any atom is 0.497 e. The fraction of sp³-hybridized carbons (Fsp3) is 0.579. The molecule has 0 N–H and O–H groups in total. The minimum atomic E-state index is -2.38. The van der Waals surface area contributed by atoms with E-state index in [2.05, 4.69) is 6.58 Å². The van der Waals surface area contributed by atoms with Crippen LogP contribution < -0.4 is 5.19 Å². The first-order chi connectivity index (χ1) is 12.5. The molecule has 0 heterocycles. The molecule has 0 unspecified atom stereocenters. The Morgan fingerprint density at radius 3 is 1.42 bits per heavy atom. The molecule has 1 aromatic carbocycles. The highest BCUT2D eigenvalue weighted by molar-refractivity contribution is 6.85. The minimum Gasteiger partial charge on any atom is -0.388 e. The summed E-state index contributed by atoms with van der Waals surface area (Å²) in [6.45, 7) is 18.8. The maximum absolute atomic E-state index is 5.80. The van der Waals surface area contributed by atoms with Crippen LogP contribution in [0.4, 0.5) is 0 Å². The second-order valence-electron chi connectivity index (χ2n) is 5.27. The summed E-state index contributed by atoms with van der Waals surface area (Å²) >= 11 is 0. The monoisotopic (exact) mass is 400 g/mol. The largest absolute Gasteiger partial charge is 0.497 e. The van der Waals surface area contributed by atoms with E-state index in [1.807, 2.05) is 77.2 Å². The van der Waals surface area contributed by atoms with E-state index >= 15 is 0 Å². The molecule has 0 saturated heterocycles. The Labute approximate surface area is 161 Å². The van der Waals surface area contributed by atoms with Crippen LogP contribution in [0.15, 0.2) is 42.6 Å². The topological polar surface area (TPSA) is 46.2 Å². The summed E-state index contributed by atoms with van der Waals surface area (Å²) in [7, 11) is -4.63. The van der Waals surface area contributed by atoms with E-state index in [0.717, 1.165) is 5.19 Å². The second kappa shape index (κ2) is 14.3. The number of hydrogen-bond acceptors (Lipinski definition) is 5. The predicted molar refractivity (Wildman–Crippen MR) is 112 cm³/mol. The van der Waals surface area contributed by atoms with Gasteiger partial charge < -0.3 is 22.1 Å². The Morgan fingerprint density at radius 2 is 1.12 bits per heavy atom. The van der Waals surface area contributed by atoms with E-state index in [1.165, 1.54) is 0 Å². The van der Waals surface area contributed by atoms with Gasteiger partial charge in [-0.2, -0.15) is 0 Å². The summed E-state index contributed by atoms with van der Waals surface area (Å²) in [4.78, 5) is 0. The summed E-state index contributed by atoms with van der Waals surface area (Å²) in [6, 6.07) is 10.1. The molecule has 0 aromatic heterocycles. The fourth-order valence-corrected chi connectivity index (χ4v) is 6.68. The first kappa shape index (κ1) is 25.2. The summed E-state index contributed by atoms with van der Waals surface area (Å²) < 4.78 is 27.8. The van der Waals surface area contributed by atoms with Crippen LogP contribution in [0.1, 0.15) is 34.6 Å². The molecule has 0 fully saturated rings. The van der Waals surface area contributed by atoms with Crippen molar-refractivity contribution in [2.24, 2.45) is 0 Å². The Balaban J connectivity index is 0.000000508. The van der Waals surface area contributed by atoms with E-state index < -0.39 is 17.4 Å². The van der Waals surface area contributed by atoms with E-state index in [1.54, 1.807) is 0 Å². The lowest BCUT2D eigenvalue weighted by atomic mass is 10.4. The smallest absolute Gasteiger partial charge is 0.388 e. The van der Waals surface area contributed by atoms with Gasteiger partial charge in [0.05, 0.1) is 0 Å². The van der Waals surface area contributed by atoms with Crippen LogP contribution in [-0.4, -0.2) is 50.4 Å². The zero-order chi connectivity index (χ0) is 19.9. The Kier molecular flexibility index (Phi) is 13.8. The molecule has 0 atom stereocenters. The van der Waals surface area contributed by atoms with Crippen molar-refractivity contribution in [1.82, 2.24) is 0 Å². The van der Waals surface area contributed by atoms with Gasteiger partial charge in [-0.1, -0.05) is 30.3 Å². The van der Waals surface area contributed by atoms with Crippen molar-refractivity contribution in [3.05, 3.63) is 42.6 Å². The molecule has 26 heavy (non-hydrogen) atoms. The number of rotatable bonds is 12. The van der Waals surface area contributed by atoms with Gasteiger partial charge in [0, 0.05) is 39.6 Å². The summed E-state index contributed by atoms with van der Waals surface area (Å²) in [5.74, 6) is 0. The zero-order valence-electron chi connectivity index (χ0n) is 17.2. The third-order valence-corrected chi connectivity index (χ3v) is 8.93. The van der Waals surface area contributed by atoms with Crippen LogP contribution in [0, 0.1) is 0 Å². The highest BCUT2D eigenvalue weighted by Gasteiger charge is 2.36. The molecule has 1 aromatic rings. The summed E-state index contributed by atoms with van der Waals surface area (Å²) in [5.41, 5.74) is 1.84. The van der Waals surface area contributed by atoms with Crippen LogP contribution in [-0.2, 0) is 22.1 Å². The van der Waals surface area contributed by atoms with Gasteiger partial charge >= 0.3 is 17.4 Å². The van der Waals surface area contributed by atoms with Crippen molar-refractivity contribution in [3.63, 3.8) is 0 Å². The fourth-order valence-electron chi connectivity index (χ4n) is 2.45. The lowest BCUT2D eigenvalue weighted by molar-refractivity contribution is 0.0783.